The highest BCUT2D eigenvalue weighted by atomic mass is 16.1. The van der Waals surface area contributed by atoms with Crippen molar-refractivity contribution in [2.75, 3.05) is 0 Å². The summed E-state index contributed by atoms with van der Waals surface area (Å²) in [7, 11) is 0. The molecule has 0 radical (unpaired) electrons. The first kappa shape index (κ1) is 16.6. The fourth-order valence-electron chi connectivity index (χ4n) is 3.26. The Hall–Kier alpha value is -2.24. The third-order valence-electron chi connectivity index (χ3n) is 4.62. The van der Waals surface area contributed by atoms with Gasteiger partial charge in [0.15, 0.2) is 0 Å². The molecule has 0 saturated heterocycles. The summed E-state index contributed by atoms with van der Waals surface area (Å²) in [6.07, 6.45) is 7.83. The van der Waals surface area contributed by atoms with E-state index in [4.69, 9.17) is 0 Å². The van der Waals surface area contributed by atoms with Crippen molar-refractivity contribution in [3.05, 3.63) is 34.6 Å². The van der Waals surface area contributed by atoms with Crippen molar-refractivity contribution in [2.24, 2.45) is 0 Å². The third kappa shape index (κ3) is 4.19. The van der Waals surface area contributed by atoms with Crippen LogP contribution >= 0.6 is 0 Å². The monoisotopic (exact) mass is 328 g/mol. The van der Waals surface area contributed by atoms with E-state index in [1.54, 1.807) is 12.1 Å². The Kier molecular flexibility index (Phi) is 5.56. The molecule has 1 amide bonds. The first-order chi connectivity index (χ1) is 11.7. The average molecular weight is 328 g/mol. The lowest BCUT2D eigenvalue weighted by Crippen LogP contribution is -2.32. The van der Waals surface area contributed by atoms with Crippen LogP contribution < -0.4 is 10.9 Å². The van der Waals surface area contributed by atoms with Crippen molar-refractivity contribution >= 4 is 16.8 Å². The van der Waals surface area contributed by atoms with Crippen molar-refractivity contribution in [3.63, 3.8) is 0 Å². The lowest BCUT2D eigenvalue weighted by Gasteiger charge is -2.11. The molecule has 1 aliphatic carbocycles. The minimum absolute atomic E-state index is 0.0976. The quantitative estimate of drug-likeness (QED) is 0.792. The van der Waals surface area contributed by atoms with Crippen LogP contribution in [0.5, 0.6) is 0 Å². The minimum Gasteiger partial charge on any atom is -0.353 e. The maximum atomic E-state index is 12.3. The van der Waals surface area contributed by atoms with Gasteiger partial charge in [-0.2, -0.15) is 0 Å². The number of rotatable bonds is 7. The summed E-state index contributed by atoms with van der Waals surface area (Å²) in [6, 6.07) is 7.63. The second kappa shape index (κ2) is 8.04. The zero-order valence-electron chi connectivity index (χ0n) is 13.9. The molecule has 0 bridgehead atoms. The number of benzene rings is 1. The van der Waals surface area contributed by atoms with Crippen LogP contribution in [-0.4, -0.2) is 26.9 Å². The highest BCUT2D eigenvalue weighted by Crippen LogP contribution is 2.17. The van der Waals surface area contributed by atoms with Gasteiger partial charge in [-0.25, -0.2) is 4.68 Å². The van der Waals surface area contributed by atoms with Gasteiger partial charge in [-0.3, -0.25) is 9.59 Å². The summed E-state index contributed by atoms with van der Waals surface area (Å²) in [4.78, 5) is 24.1. The molecule has 6 nitrogen and oxygen atoms in total. The number of fused-ring (bicyclic) bond motifs is 1. The van der Waals surface area contributed by atoms with Crippen LogP contribution in [0.3, 0.4) is 0 Å². The Bertz CT molecular complexity index is 750. The van der Waals surface area contributed by atoms with Crippen molar-refractivity contribution < 1.29 is 4.79 Å². The van der Waals surface area contributed by atoms with E-state index in [1.165, 1.54) is 17.5 Å². The van der Waals surface area contributed by atoms with Gasteiger partial charge in [0.2, 0.25) is 5.91 Å². The second-order valence-electron chi connectivity index (χ2n) is 6.49. The van der Waals surface area contributed by atoms with E-state index in [2.05, 4.69) is 15.6 Å². The molecule has 1 N–H and O–H groups in total. The van der Waals surface area contributed by atoms with Gasteiger partial charge in [-0.05, 0) is 37.8 Å². The topological polar surface area (TPSA) is 76.9 Å². The fourth-order valence-corrected chi connectivity index (χ4v) is 3.26. The molecule has 6 heteroatoms. The van der Waals surface area contributed by atoms with Crippen molar-refractivity contribution in [3.8, 4) is 0 Å². The highest BCUT2D eigenvalue weighted by Gasteiger charge is 2.16. The largest absolute Gasteiger partial charge is 0.353 e. The number of aryl methyl sites for hydroxylation is 1. The molecule has 0 atom stereocenters. The molecular weight excluding hydrogens is 304 g/mol. The fraction of sp³-hybridized carbons (Fsp3) is 0.556. The molecule has 1 fully saturated rings. The molecular formula is C18H24N4O2. The molecule has 24 heavy (non-hydrogen) atoms. The Balaban J connectivity index is 1.41. The number of nitrogens with zero attached hydrogens (tertiary/aromatic N) is 3. The van der Waals surface area contributed by atoms with E-state index in [0.29, 0.717) is 29.9 Å². The molecule has 3 rings (SSSR count). The van der Waals surface area contributed by atoms with Gasteiger partial charge in [-0.1, -0.05) is 36.6 Å². The molecule has 1 aliphatic rings. The highest BCUT2D eigenvalue weighted by molar-refractivity contribution is 5.76. The molecule has 0 spiro atoms. The van der Waals surface area contributed by atoms with Crippen LogP contribution in [-0.2, 0) is 11.3 Å². The molecule has 1 heterocycles. The van der Waals surface area contributed by atoms with E-state index >= 15 is 0 Å². The van der Waals surface area contributed by atoms with Gasteiger partial charge in [0, 0.05) is 19.0 Å². The van der Waals surface area contributed by atoms with Gasteiger partial charge in [0.05, 0.1) is 5.39 Å². The number of aromatic nitrogens is 3. The number of carbonyl (C=O) groups is 1. The molecule has 128 valence electrons. The maximum absolute atomic E-state index is 12.3. The molecule has 0 unspecified atom stereocenters. The number of hydrogen-bond acceptors (Lipinski definition) is 4. The smallest absolute Gasteiger partial charge is 0.277 e. The first-order valence-corrected chi connectivity index (χ1v) is 8.86. The Labute approximate surface area is 141 Å². The lowest BCUT2D eigenvalue weighted by molar-refractivity contribution is -0.121. The zero-order chi connectivity index (χ0) is 16.8. The molecule has 0 aliphatic heterocycles. The summed E-state index contributed by atoms with van der Waals surface area (Å²) in [5.41, 5.74) is 0.530. The number of unbranched alkanes of at least 4 members (excludes halogenated alkanes) is 2. The molecule has 1 saturated carbocycles. The van der Waals surface area contributed by atoms with Gasteiger partial charge in [0.25, 0.3) is 5.56 Å². The molecule has 1 aromatic heterocycles. The van der Waals surface area contributed by atoms with Crippen LogP contribution in [0, 0.1) is 0 Å². The summed E-state index contributed by atoms with van der Waals surface area (Å²) in [6.45, 7) is 0.543. The molecule has 1 aromatic carbocycles. The summed E-state index contributed by atoms with van der Waals surface area (Å²) < 4.78 is 1.42. The van der Waals surface area contributed by atoms with Crippen molar-refractivity contribution in [1.82, 2.24) is 20.3 Å². The van der Waals surface area contributed by atoms with Gasteiger partial charge in [-0.15, -0.1) is 5.10 Å². The normalized spacial score (nSPS) is 15.0. The zero-order valence-corrected chi connectivity index (χ0v) is 13.9. The van der Waals surface area contributed by atoms with Crippen LogP contribution in [0.4, 0.5) is 0 Å². The number of amides is 1. The standard InChI is InChI=1S/C18H24N4O2/c23-17(19-14-8-3-4-9-14)12-2-1-7-13-22-18(24)15-10-5-6-11-16(15)20-21-22/h5-6,10-11,14H,1-4,7-9,12-13H2,(H,19,23). The van der Waals surface area contributed by atoms with Gasteiger partial charge >= 0.3 is 0 Å². The second-order valence-corrected chi connectivity index (χ2v) is 6.49. The van der Waals surface area contributed by atoms with E-state index in [-0.39, 0.29) is 11.5 Å². The van der Waals surface area contributed by atoms with E-state index in [0.717, 1.165) is 32.1 Å². The average Bonchev–Trinajstić information content (AvgIpc) is 3.09. The Morgan fingerprint density at radius 3 is 2.79 bits per heavy atom. The third-order valence-corrected chi connectivity index (χ3v) is 4.62. The van der Waals surface area contributed by atoms with E-state index in [9.17, 15) is 9.59 Å². The SMILES string of the molecule is O=C(CCCCCn1nnc2ccccc2c1=O)NC1CCCC1. The summed E-state index contributed by atoms with van der Waals surface area (Å²) >= 11 is 0. The summed E-state index contributed by atoms with van der Waals surface area (Å²) in [5, 5.41) is 11.8. The number of carbonyl (C=O) groups excluding carboxylic acids is 1. The van der Waals surface area contributed by atoms with Crippen LogP contribution in [0.1, 0.15) is 51.4 Å². The van der Waals surface area contributed by atoms with Crippen LogP contribution in [0.15, 0.2) is 29.1 Å². The van der Waals surface area contributed by atoms with Crippen LogP contribution in [0.2, 0.25) is 0 Å². The lowest BCUT2D eigenvalue weighted by atomic mass is 10.1. The van der Waals surface area contributed by atoms with Crippen molar-refractivity contribution in [2.45, 2.75) is 64.0 Å². The van der Waals surface area contributed by atoms with Crippen molar-refractivity contribution in [1.29, 1.82) is 0 Å². The number of nitrogens with one attached hydrogen (secondary N) is 1. The van der Waals surface area contributed by atoms with Gasteiger partial charge in [0.1, 0.15) is 5.52 Å². The predicted octanol–water partition coefficient (Wildman–Crippen LogP) is 2.41. The Morgan fingerprint density at radius 1 is 1.17 bits per heavy atom. The predicted molar refractivity (Wildman–Crippen MR) is 92.7 cm³/mol. The van der Waals surface area contributed by atoms with Crippen LogP contribution in [0.25, 0.3) is 10.9 Å². The van der Waals surface area contributed by atoms with E-state index in [1.807, 2.05) is 12.1 Å². The van der Waals surface area contributed by atoms with Gasteiger partial charge < -0.3 is 5.32 Å². The summed E-state index contributed by atoms with van der Waals surface area (Å²) in [5.74, 6) is 0.157. The Morgan fingerprint density at radius 2 is 1.96 bits per heavy atom. The molecule has 2 aromatic rings. The minimum atomic E-state index is -0.0976. The first-order valence-electron chi connectivity index (χ1n) is 8.86. The van der Waals surface area contributed by atoms with E-state index < -0.39 is 0 Å². The number of hydrogen-bond donors (Lipinski definition) is 1. The maximum Gasteiger partial charge on any atom is 0.277 e.